The van der Waals surface area contributed by atoms with E-state index in [1.807, 2.05) is 12.4 Å². The number of benzene rings is 4. The Morgan fingerprint density at radius 3 is 1.37 bits per heavy atom. The standard InChI is InChI=1S/C32H18N4O2/c1-5-25(21-13-23(17-33-15-21)31-35-9-11-37-31)27-8-4-20-2-6-26(28-7-3-19(1)29(27)30(20)28)22-14-24(18-34-16-22)32-36-10-12-38-32/h1-18H. The van der Waals surface area contributed by atoms with Crippen molar-refractivity contribution in [3.05, 3.63) is 110 Å². The maximum Gasteiger partial charge on any atom is 0.227 e. The Morgan fingerprint density at radius 2 is 0.921 bits per heavy atom. The molecule has 0 atom stereocenters. The molecular weight excluding hydrogens is 472 g/mol. The first-order chi connectivity index (χ1) is 18.8. The second-order valence-corrected chi connectivity index (χ2v) is 9.25. The molecule has 0 fully saturated rings. The van der Waals surface area contributed by atoms with Crippen LogP contribution in [-0.4, -0.2) is 19.9 Å². The minimum absolute atomic E-state index is 0.558. The quantitative estimate of drug-likeness (QED) is 0.233. The van der Waals surface area contributed by atoms with E-state index < -0.39 is 0 Å². The Kier molecular flexibility index (Phi) is 4.42. The van der Waals surface area contributed by atoms with E-state index in [0.29, 0.717) is 11.8 Å². The summed E-state index contributed by atoms with van der Waals surface area (Å²) in [6, 6.07) is 21.7. The molecule has 0 saturated carbocycles. The van der Waals surface area contributed by atoms with Gasteiger partial charge >= 0.3 is 0 Å². The molecule has 0 saturated heterocycles. The third-order valence-electron chi connectivity index (χ3n) is 7.12. The van der Waals surface area contributed by atoms with Crippen molar-refractivity contribution in [3.63, 3.8) is 0 Å². The van der Waals surface area contributed by atoms with E-state index in [2.05, 4.69) is 80.6 Å². The fourth-order valence-corrected chi connectivity index (χ4v) is 5.44. The summed E-state index contributed by atoms with van der Waals surface area (Å²) in [4.78, 5) is 17.6. The highest BCUT2D eigenvalue weighted by Crippen LogP contribution is 2.42. The van der Waals surface area contributed by atoms with E-state index in [1.165, 1.54) is 32.3 Å². The minimum Gasteiger partial charge on any atom is -0.444 e. The van der Waals surface area contributed by atoms with E-state index in [-0.39, 0.29) is 0 Å². The molecule has 6 nitrogen and oxygen atoms in total. The monoisotopic (exact) mass is 490 g/mol. The molecule has 4 aromatic heterocycles. The largest absolute Gasteiger partial charge is 0.444 e. The average Bonchev–Trinajstić information content (AvgIpc) is 3.71. The van der Waals surface area contributed by atoms with Crippen LogP contribution in [0.25, 0.3) is 77.5 Å². The van der Waals surface area contributed by atoms with Crippen LogP contribution in [0.5, 0.6) is 0 Å². The van der Waals surface area contributed by atoms with E-state index >= 15 is 0 Å². The molecule has 8 aromatic rings. The Balaban J connectivity index is 1.36. The van der Waals surface area contributed by atoms with Crippen LogP contribution in [0.4, 0.5) is 0 Å². The molecule has 0 aliphatic heterocycles. The number of hydrogen-bond donors (Lipinski definition) is 0. The third-order valence-corrected chi connectivity index (χ3v) is 7.12. The number of aromatic nitrogens is 4. The molecule has 0 amide bonds. The minimum atomic E-state index is 0.558. The van der Waals surface area contributed by atoms with Crippen molar-refractivity contribution in [2.45, 2.75) is 0 Å². The summed E-state index contributed by atoms with van der Waals surface area (Å²) in [6.07, 6.45) is 13.8. The van der Waals surface area contributed by atoms with Crippen molar-refractivity contribution in [2.24, 2.45) is 0 Å². The van der Waals surface area contributed by atoms with Crippen LogP contribution >= 0.6 is 0 Å². The topological polar surface area (TPSA) is 77.8 Å². The Bertz CT molecular complexity index is 1930. The van der Waals surface area contributed by atoms with E-state index in [4.69, 9.17) is 8.83 Å². The number of oxazole rings is 2. The molecule has 0 spiro atoms. The highest BCUT2D eigenvalue weighted by Gasteiger charge is 2.16. The van der Waals surface area contributed by atoms with Gasteiger partial charge in [-0.3, -0.25) is 9.97 Å². The molecule has 8 rings (SSSR count). The molecule has 0 N–H and O–H groups in total. The number of rotatable bonds is 4. The van der Waals surface area contributed by atoms with Crippen LogP contribution in [-0.2, 0) is 0 Å². The Hall–Kier alpha value is -5.36. The van der Waals surface area contributed by atoms with Gasteiger partial charge in [0.25, 0.3) is 0 Å². The van der Waals surface area contributed by atoms with Crippen molar-refractivity contribution in [3.8, 4) is 45.2 Å². The van der Waals surface area contributed by atoms with Gasteiger partial charge in [-0.1, -0.05) is 48.5 Å². The summed E-state index contributed by atoms with van der Waals surface area (Å²) in [5.74, 6) is 1.12. The molecule has 178 valence electrons. The lowest BCUT2D eigenvalue weighted by molar-refractivity contribution is 0.574. The van der Waals surface area contributed by atoms with E-state index in [1.54, 1.807) is 37.3 Å². The maximum atomic E-state index is 5.51. The molecule has 4 heterocycles. The second-order valence-electron chi connectivity index (χ2n) is 9.25. The molecule has 6 heteroatoms. The van der Waals surface area contributed by atoms with Crippen molar-refractivity contribution in [2.75, 3.05) is 0 Å². The van der Waals surface area contributed by atoms with Crippen LogP contribution in [0.1, 0.15) is 0 Å². The van der Waals surface area contributed by atoms with Gasteiger partial charge in [0, 0.05) is 35.9 Å². The van der Waals surface area contributed by atoms with Gasteiger partial charge in [-0.05, 0) is 55.6 Å². The Morgan fingerprint density at radius 1 is 0.474 bits per heavy atom. The van der Waals surface area contributed by atoms with Crippen LogP contribution in [0, 0.1) is 0 Å². The molecule has 0 aliphatic rings. The zero-order valence-electron chi connectivity index (χ0n) is 20.0. The highest BCUT2D eigenvalue weighted by atomic mass is 16.3. The van der Waals surface area contributed by atoms with Crippen LogP contribution in [0.15, 0.2) is 119 Å². The maximum absolute atomic E-state index is 5.51. The van der Waals surface area contributed by atoms with Crippen LogP contribution in [0.2, 0.25) is 0 Å². The summed E-state index contributed by atoms with van der Waals surface area (Å²) in [7, 11) is 0. The summed E-state index contributed by atoms with van der Waals surface area (Å²) in [6.45, 7) is 0. The number of pyridine rings is 2. The summed E-state index contributed by atoms with van der Waals surface area (Å²) >= 11 is 0. The van der Waals surface area contributed by atoms with Crippen molar-refractivity contribution < 1.29 is 8.83 Å². The lowest BCUT2D eigenvalue weighted by Crippen LogP contribution is -1.91. The van der Waals surface area contributed by atoms with E-state index in [0.717, 1.165) is 33.4 Å². The number of nitrogens with zero attached hydrogens (tertiary/aromatic N) is 4. The lowest BCUT2D eigenvalue weighted by Gasteiger charge is -2.16. The lowest BCUT2D eigenvalue weighted by atomic mass is 9.87. The van der Waals surface area contributed by atoms with Crippen molar-refractivity contribution in [1.29, 1.82) is 0 Å². The zero-order chi connectivity index (χ0) is 25.1. The van der Waals surface area contributed by atoms with Gasteiger partial charge in [0.1, 0.15) is 12.5 Å². The van der Waals surface area contributed by atoms with Gasteiger partial charge in [-0.15, -0.1) is 0 Å². The first kappa shape index (κ1) is 20.8. The predicted molar refractivity (Wildman–Crippen MR) is 148 cm³/mol. The fourth-order valence-electron chi connectivity index (χ4n) is 5.44. The number of hydrogen-bond acceptors (Lipinski definition) is 6. The fraction of sp³-hybridized carbons (Fsp3) is 0. The second kappa shape index (κ2) is 8.08. The summed E-state index contributed by atoms with van der Waals surface area (Å²) < 4.78 is 11.0. The first-order valence-electron chi connectivity index (χ1n) is 12.2. The molecule has 0 bridgehead atoms. The normalized spacial score (nSPS) is 11.7. The van der Waals surface area contributed by atoms with Crippen molar-refractivity contribution in [1.82, 2.24) is 19.9 Å². The van der Waals surface area contributed by atoms with Crippen LogP contribution < -0.4 is 0 Å². The van der Waals surface area contributed by atoms with Gasteiger partial charge in [-0.2, -0.15) is 0 Å². The molecule has 0 unspecified atom stereocenters. The highest BCUT2D eigenvalue weighted by molar-refractivity contribution is 6.27. The summed E-state index contributed by atoms with van der Waals surface area (Å²) in [5, 5.41) is 7.21. The van der Waals surface area contributed by atoms with Crippen molar-refractivity contribution >= 4 is 32.3 Å². The van der Waals surface area contributed by atoms with Gasteiger partial charge < -0.3 is 8.83 Å². The molecular formula is C32H18N4O2. The molecule has 38 heavy (non-hydrogen) atoms. The van der Waals surface area contributed by atoms with Gasteiger partial charge in [-0.25, -0.2) is 9.97 Å². The van der Waals surface area contributed by atoms with Gasteiger partial charge in [0.2, 0.25) is 11.8 Å². The smallest absolute Gasteiger partial charge is 0.227 e. The molecule has 0 aliphatic carbocycles. The summed E-state index contributed by atoms with van der Waals surface area (Å²) in [5.41, 5.74) is 5.96. The van der Waals surface area contributed by atoms with E-state index in [9.17, 15) is 0 Å². The van der Waals surface area contributed by atoms with Gasteiger partial charge in [0.05, 0.1) is 23.5 Å². The predicted octanol–water partition coefficient (Wildman–Crippen LogP) is 8.02. The molecule has 0 radical (unpaired) electrons. The third kappa shape index (κ3) is 3.14. The zero-order valence-corrected chi connectivity index (χ0v) is 20.0. The SMILES string of the molecule is c1coc(-c2cncc(-c3ccc4ccc5c(-c6cncc(-c7ncco7)c6)ccc6ccc3c4c65)c2)n1. The first-order valence-corrected chi connectivity index (χ1v) is 12.2. The molecule has 4 aromatic carbocycles. The Labute approximate surface area is 216 Å². The van der Waals surface area contributed by atoms with Crippen LogP contribution in [0.3, 0.4) is 0 Å². The van der Waals surface area contributed by atoms with Gasteiger partial charge in [0.15, 0.2) is 0 Å². The average molecular weight is 491 g/mol.